The first kappa shape index (κ1) is 15.0. The number of aryl methyl sites for hydroxylation is 2. The van der Waals surface area contributed by atoms with Crippen LogP contribution in [0.1, 0.15) is 37.1 Å². The zero-order valence-electron chi connectivity index (χ0n) is 12.9. The van der Waals surface area contributed by atoms with Gasteiger partial charge in [0.15, 0.2) is 0 Å². The van der Waals surface area contributed by atoms with E-state index in [1.807, 2.05) is 0 Å². The molecule has 21 heavy (non-hydrogen) atoms. The molecule has 0 saturated carbocycles. The number of hydrogen-bond acceptors (Lipinski definition) is 4. The fourth-order valence-corrected chi connectivity index (χ4v) is 5.38. The molecular formula is C14H23N3O3S. The van der Waals surface area contributed by atoms with E-state index < -0.39 is 10.0 Å². The van der Waals surface area contributed by atoms with Crippen LogP contribution in [0.3, 0.4) is 0 Å². The second-order valence-electron chi connectivity index (χ2n) is 6.16. The van der Waals surface area contributed by atoms with Crippen LogP contribution in [0.25, 0.3) is 0 Å². The Morgan fingerprint density at radius 3 is 2.33 bits per heavy atom. The minimum Gasteiger partial charge on any atom is -0.375 e. The van der Waals surface area contributed by atoms with Crippen LogP contribution >= 0.6 is 0 Å². The van der Waals surface area contributed by atoms with E-state index in [1.165, 1.54) is 0 Å². The molecule has 3 rings (SSSR count). The molecule has 0 atom stereocenters. The van der Waals surface area contributed by atoms with Crippen molar-refractivity contribution in [3.63, 3.8) is 0 Å². The second kappa shape index (κ2) is 5.07. The van der Waals surface area contributed by atoms with Crippen LogP contribution in [-0.4, -0.2) is 47.8 Å². The van der Waals surface area contributed by atoms with E-state index in [2.05, 4.69) is 5.10 Å². The third kappa shape index (κ3) is 2.41. The number of sulfonamides is 1. The van der Waals surface area contributed by atoms with E-state index in [-0.39, 0.29) is 5.60 Å². The quantitative estimate of drug-likeness (QED) is 0.827. The van der Waals surface area contributed by atoms with Gasteiger partial charge >= 0.3 is 0 Å². The van der Waals surface area contributed by atoms with Gasteiger partial charge in [0.2, 0.25) is 10.0 Å². The third-order valence-corrected chi connectivity index (χ3v) is 7.01. The van der Waals surface area contributed by atoms with E-state index in [4.69, 9.17) is 4.74 Å². The number of ether oxygens (including phenoxy) is 1. The number of hydrogen-bond donors (Lipinski definition) is 0. The van der Waals surface area contributed by atoms with Crippen molar-refractivity contribution in [1.82, 2.24) is 14.1 Å². The molecule has 2 saturated heterocycles. The lowest BCUT2D eigenvalue weighted by Gasteiger charge is -2.37. The lowest BCUT2D eigenvalue weighted by Crippen LogP contribution is -2.46. The summed E-state index contributed by atoms with van der Waals surface area (Å²) < 4.78 is 34.8. The van der Waals surface area contributed by atoms with Crippen LogP contribution in [0.5, 0.6) is 0 Å². The van der Waals surface area contributed by atoms with Crippen molar-refractivity contribution in [3.8, 4) is 0 Å². The van der Waals surface area contributed by atoms with Gasteiger partial charge in [-0.15, -0.1) is 0 Å². The van der Waals surface area contributed by atoms with Crippen molar-refractivity contribution < 1.29 is 13.2 Å². The van der Waals surface area contributed by atoms with Crippen LogP contribution in [0.2, 0.25) is 0 Å². The molecule has 1 aromatic heterocycles. The first-order valence-electron chi connectivity index (χ1n) is 7.50. The Balaban J connectivity index is 1.83. The Hall–Kier alpha value is -0.920. The highest BCUT2D eigenvalue weighted by molar-refractivity contribution is 7.89. The van der Waals surface area contributed by atoms with Gasteiger partial charge in [0, 0.05) is 26.7 Å². The maximum absolute atomic E-state index is 12.9. The smallest absolute Gasteiger partial charge is 0.246 e. The maximum atomic E-state index is 12.9. The highest BCUT2D eigenvalue weighted by atomic mass is 32.2. The van der Waals surface area contributed by atoms with Crippen LogP contribution in [-0.2, 0) is 21.8 Å². The molecule has 0 radical (unpaired) electrons. The van der Waals surface area contributed by atoms with Crippen molar-refractivity contribution in [1.29, 1.82) is 0 Å². The number of nitrogens with zero attached hydrogens (tertiary/aromatic N) is 3. The van der Waals surface area contributed by atoms with Gasteiger partial charge in [-0.2, -0.15) is 9.40 Å². The Kier molecular flexibility index (Phi) is 3.62. The van der Waals surface area contributed by atoms with Crippen molar-refractivity contribution in [2.24, 2.45) is 7.05 Å². The fourth-order valence-electron chi connectivity index (χ4n) is 3.54. The van der Waals surface area contributed by atoms with Gasteiger partial charge in [-0.3, -0.25) is 4.68 Å². The Labute approximate surface area is 126 Å². The average molecular weight is 313 g/mol. The Morgan fingerprint density at radius 2 is 1.86 bits per heavy atom. The van der Waals surface area contributed by atoms with Crippen LogP contribution in [0.15, 0.2) is 4.90 Å². The van der Waals surface area contributed by atoms with Crippen molar-refractivity contribution >= 4 is 10.0 Å². The molecule has 0 aliphatic carbocycles. The van der Waals surface area contributed by atoms with Gasteiger partial charge in [0.25, 0.3) is 0 Å². The van der Waals surface area contributed by atoms with Crippen molar-refractivity contribution in [2.45, 2.75) is 50.0 Å². The summed E-state index contributed by atoms with van der Waals surface area (Å²) in [5, 5.41) is 4.23. The molecule has 0 unspecified atom stereocenters. The molecule has 2 fully saturated rings. The molecule has 2 aliphatic heterocycles. The maximum Gasteiger partial charge on any atom is 0.246 e. The minimum atomic E-state index is -3.45. The van der Waals surface area contributed by atoms with Gasteiger partial charge in [0.05, 0.1) is 17.0 Å². The zero-order valence-corrected chi connectivity index (χ0v) is 13.7. The van der Waals surface area contributed by atoms with Gasteiger partial charge in [-0.25, -0.2) is 8.42 Å². The van der Waals surface area contributed by atoms with E-state index in [9.17, 15) is 8.42 Å². The molecule has 0 amide bonds. The minimum absolute atomic E-state index is 0.0644. The average Bonchev–Trinajstić information content (AvgIpc) is 2.96. The van der Waals surface area contributed by atoms with Gasteiger partial charge < -0.3 is 4.74 Å². The van der Waals surface area contributed by atoms with E-state index >= 15 is 0 Å². The molecular weight excluding hydrogens is 290 g/mol. The summed E-state index contributed by atoms with van der Waals surface area (Å²) in [5.74, 6) is 0. The molecule has 118 valence electrons. The topological polar surface area (TPSA) is 64.4 Å². The summed E-state index contributed by atoms with van der Waals surface area (Å²) in [4.78, 5) is 0.369. The Morgan fingerprint density at radius 1 is 1.19 bits per heavy atom. The molecule has 6 nitrogen and oxygen atoms in total. The monoisotopic (exact) mass is 313 g/mol. The predicted molar refractivity (Wildman–Crippen MR) is 78.6 cm³/mol. The number of piperidine rings is 1. The van der Waals surface area contributed by atoms with E-state index in [0.717, 1.165) is 32.3 Å². The third-order valence-electron chi connectivity index (χ3n) is 4.86. The summed E-state index contributed by atoms with van der Waals surface area (Å²) in [6, 6.07) is 0. The second-order valence-corrected chi connectivity index (χ2v) is 8.04. The lowest BCUT2D eigenvalue weighted by atomic mass is 9.90. The molecule has 0 aromatic carbocycles. The van der Waals surface area contributed by atoms with Crippen LogP contribution in [0, 0.1) is 13.8 Å². The van der Waals surface area contributed by atoms with E-state index in [1.54, 1.807) is 29.9 Å². The van der Waals surface area contributed by atoms with Gasteiger partial charge in [0.1, 0.15) is 4.90 Å². The summed E-state index contributed by atoms with van der Waals surface area (Å²) in [6.45, 7) is 5.45. The Bertz CT molecular complexity index is 635. The number of aromatic nitrogens is 2. The molecule has 1 spiro atoms. The standard InChI is InChI=1S/C14H23N3O3S/c1-11-13(12(2)16(3)15-11)21(18,19)17-8-6-14(7-9-17)5-4-10-20-14/h4-10H2,1-3H3. The largest absolute Gasteiger partial charge is 0.375 e. The SMILES string of the molecule is Cc1nn(C)c(C)c1S(=O)(=O)N1CCC2(CCCO2)CC1. The summed E-state index contributed by atoms with van der Waals surface area (Å²) in [5.41, 5.74) is 1.21. The van der Waals surface area contributed by atoms with E-state index in [0.29, 0.717) is 29.4 Å². The fraction of sp³-hybridized carbons (Fsp3) is 0.786. The highest BCUT2D eigenvalue weighted by Gasteiger charge is 2.42. The predicted octanol–water partition coefficient (Wildman–Crippen LogP) is 1.37. The molecule has 2 aliphatic rings. The first-order valence-corrected chi connectivity index (χ1v) is 8.94. The summed E-state index contributed by atoms with van der Waals surface area (Å²) >= 11 is 0. The van der Waals surface area contributed by atoms with Gasteiger partial charge in [-0.1, -0.05) is 0 Å². The lowest BCUT2D eigenvalue weighted by molar-refractivity contribution is -0.0309. The van der Waals surface area contributed by atoms with Gasteiger partial charge in [-0.05, 0) is 39.5 Å². The molecule has 1 aromatic rings. The molecule has 0 N–H and O–H groups in total. The summed E-state index contributed by atoms with van der Waals surface area (Å²) in [7, 11) is -1.68. The first-order chi connectivity index (χ1) is 9.86. The molecule has 7 heteroatoms. The highest BCUT2D eigenvalue weighted by Crippen LogP contribution is 2.37. The number of rotatable bonds is 2. The molecule has 3 heterocycles. The van der Waals surface area contributed by atoms with Crippen molar-refractivity contribution in [3.05, 3.63) is 11.4 Å². The zero-order chi connectivity index (χ0) is 15.3. The summed E-state index contributed by atoms with van der Waals surface area (Å²) in [6.07, 6.45) is 3.74. The molecule has 0 bridgehead atoms. The van der Waals surface area contributed by atoms with Crippen LogP contribution < -0.4 is 0 Å². The normalized spacial score (nSPS) is 23.0. The van der Waals surface area contributed by atoms with Crippen LogP contribution in [0.4, 0.5) is 0 Å². The van der Waals surface area contributed by atoms with Crippen molar-refractivity contribution in [2.75, 3.05) is 19.7 Å².